The largest absolute Gasteiger partial charge is 0.439 e. The maximum absolute atomic E-state index is 13.3. The molecule has 6 nitrogen and oxygen atoms in total. The molecule has 2 aromatic rings. The van der Waals surface area contributed by atoms with Crippen LogP contribution in [-0.4, -0.2) is 50.7 Å². The maximum Gasteiger partial charge on any atom is 0.410 e. The highest BCUT2D eigenvalue weighted by Gasteiger charge is 2.87. The first kappa shape index (κ1) is 17.2. The van der Waals surface area contributed by atoms with Crippen molar-refractivity contribution >= 4 is 12.2 Å². The van der Waals surface area contributed by atoms with Crippen LogP contribution in [0, 0.1) is 11.2 Å². The molecule has 2 spiro atoms. The zero-order valence-corrected chi connectivity index (χ0v) is 16.0. The molecule has 6 rings (SSSR count). The van der Waals surface area contributed by atoms with E-state index >= 15 is 0 Å². The van der Waals surface area contributed by atoms with Gasteiger partial charge in [0.15, 0.2) is 0 Å². The number of benzene rings is 1. The second-order valence-corrected chi connectivity index (χ2v) is 8.55. The summed E-state index contributed by atoms with van der Waals surface area (Å²) in [6, 6.07) is 6.40. The predicted molar refractivity (Wildman–Crippen MR) is 103 cm³/mol. The third-order valence-electron chi connectivity index (χ3n) is 7.26. The molecule has 2 saturated carbocycles. The molecule has 2 heterocycles. The molecule has 0 radical (unpaired) electrons. The fourth-order valence-electron chi connectivity index (χ4n) is 6.11. The Hall–Kier alpha value is -2.67. The van der Waals surface area contributed by atoms with Crippen LogP contribution in [0.15, 0.2) is 36.0 Å². The van der Waals surface area contributed by atoms with Crippen LogP contribution in [0.3, 0.4) is 0 Å². The van der Waals surface area contributed by atoms with Crippen LogP contribution in [0.1, 0.15) is 36.9 Å². The summed E-state index contributed by atoms with van der Waals surface area (Å²) in [6.45, 7) is 0.590. The van der Waals surface area contributed by atoms with Gasteiger partial charge in [-0.05, 0) is 68.0 Å². The number of aliphatic hydroxyl groups excluding tert-OH is 1. The number of aromatic nitrogens is 2. The molecule has 3 atom stereocenters. The van der Waals surface area contributed by atoms with Crippen molar-refractivity contribution in [2.75, 3.05) is 13.2 Å². The maximum atomic E-state index is 13.3. The molecule has 3 fully saturated rings. The minimum Gasteiger partial charge on any atom is -0.439 e. The van der Waals surface area contributed by atoms with Crippen molar-refractivity contribution in [1.29, 1.82) is 0 Å². The Morgan fingerprint density at radius 2 is 2.14 bits per heavy atom. The monoisotopic (exact) mass is 395 g/mol. The van der Waals surface area contributed by atoms with E-state index in [2.05, 4.69) is 11.2 Å². The average molecular weight is 395 g/mol. The number of nitrogens with zero attached hydrogens (tertiary/aromatic N) is 3. The van der Waals surface area contributed by atoms with Gasteiger partial charge in [-0.25, -0.2) is 13.9 Å². The van der Waals surface area contributed by atoms with Crippen molar-refractivity contribution in [1.82, 2.24) is 14.7 Å². The Labute approximate surface area is 167 Å². The van der Waals surface area contributed by atoms with Crippen LogP contribution in [0.25, 0.3) is 11.8 Å². The SMILES string of the molecule is O=C1O[C@@]23CCCC4=Cc5c(cnn5-c5ccc(F)cc5)C[C@@]42C3N1CCCO. The van der Waals surface area contributed by atoms with Gasteiger partial charge in [0.2, 0.25) is 0 Å². The molecule has 150 valence electrons. The smallest absolute Gasteiger partial charge is 0.410 e. The van der Waals surface area contributed by atoms with Crippen molar-refractivity contribution in [3.63, 3.8) is 0 Å². The molecular weight excluding hydrogens is 373 g/mol. The van der Waals surface area contributed by atoms with E-state index in [-0.39, 0.29) is 30.0 Å². The first-order valence-corrected chi connectivity index (χ1v) is 10.2. The standard InChI is InChI=1S/C22H22FN3O3/c23-16-4-6-17(7-5-16)26-18-11-15-3-1-8-22-19(21(15,22)12-14(18)13-24-26)25(9-2-10-27)20(28)29-22/h4-7,11,13,19,27H,1-3,8-10,12H2/t19?,21-,22+/m0/s1. The second kappa shape index (κ2) is 5.69. The number of carbonyl (C=O) groups excluding carboxylic acids is 1. The van der Waals surface area contributed by atoms with Crippen molar-refractivity contribution in [2.45, 2.75) is 43.7 Å². The molecule has 3 aliphatic carbocycles. The molecule has 1 amide bonds. The summed E-state index contributed by atoms with van der Waals surface area (Å²) in [5, 5.41) is 13.8. The summed E-state index contributed by atoms with van der Waals surface area (Å²) in [7, 11) is 0. The number of rotatable bonds is 4. The van der Waals surface area contributed by atoms with Gasteiger partial charge in [-0.1, -0.05) is 5.57 Å². The summed E-state index contributed by atoms with van der Waals surface area (Å²) in [6.07, 6.45) is 8.07. The molecule has 29 heavy (non-hydrogen) atoms. The van der Waals surface area contributed by atoms with E-state index in [9.17, 15) is 14.3 Å². The van der Waals surface area contributed by atoms with Crippen LogP contribution in [0.5, 0.6) is 0 Å². The molecule has 1 aromatic heterocycles. The van der Waals surface area contributed by atoms with Crippen molar-refractivity contribution in [3.05, 3.63) is 53.1 Å². The lowest BCUT2D eigenvalue weighted by atomic mass is 9.74. The van der Waals surface area contributed by atoms with E-state index in [0.717, 1.165) is 42.6 Å². The molecule has 1 aromatic carbocycles. The van der Waals surface area contributed by atoms with Gasteiger partial charge in [0.05, 0.1) is 29.0 Å². The molecule has 7 heteroatoms. The summed E-state index contributed by atoms with van der Waals surface area (Å²) in [4.78, 5) is 14.3. The quantitative estimate of drug-likeness (QED) is 0.864. The molecule has 4 aliphatic rings. The number of carbonyl (C=O) groups is 1. The Balaban J connectivity index is 1.41. The Bertz CT molecular complexity index is 1050. The normalized spacial score (nSPS) is 31.4. The van der Waals surface area contributed by atoms with Gasteiger partial charge >= 0.3 is 6.09 Å². The zero-order valence-electron chi connectivity index (χ0n) is 16.0. The van der Waals surface area contributed by atoms with Gasteiger partial charge in [-0.3, -0.25) is 4.90 Å². The summed E-state index contributed by atoms with van der Waals surface area (Å²) in [5.41, 5.74) is 3.72. The van der Waals surface area contributed by atoms with Gasteiger partial charge in [-0.2, -0.15) is 5.10 Å². The van der Waals surface area contributed by atoms with Crippen LogP contribution >= 0.6 is 0 Å². The number of hydrogen-bond donors (Lipinski definition) is 1. The summed E-state index contributed by atoms with van der Waals surface area (Å²) >= 11 is 0. The van der Waals surface area contributed by atoms with Crippen LogP contribution < -0.4 is 0 Å². The highest BCUT2D eigenvalue weighted by molar-refractivity contribution is 5.79. The van der Waals surface area contributed by atoms with Crippen LogP contribution in [0.2, 0.25) is 0 Å². The average Bonchev–Trinajstić information content (AvgIpc) is 2.96. The van der Waals surface area contributed by atoms with E-state index in [0.29, 0.717) is 13.0 Å². The van der Waals surface area contributed by atoms with Crippen LogP contribution in [-0.2, 0) is 11.2 Å². The van der Waals surface area contributed by atoms with E-state index in [4.69, 9.17) is 4.74 Å². The van der Waals surface area contributed by atoms with E-state index in [1.165, 1.54) is 17.7 Å². The fraction of sp³-hybridized carbons (Fsp3) is 0.455. The number of fused-ring (bicyclic) bond motifs is 1. The van der Waals surface area contributed by atoms with Crippen molar-refractivity contribution < 1.29 is 19.0 Å². The first-order valence-electron chi connectivity index (χ1n) is 10.2. The lowest BCUT2D eigenvalue weighted by molar-refractivity contribution is 0.0469. The summed E-state index contributed by atoms with van der Waals surface area (Å²) in [5.74, 6) is -0.267. The first-order chi connectivity index (χ1) is 14.1. The molecule has 0 bridgehead atoms. The van der Waals surface area contributed by atoms with Gasteiger partial charge in [0, 0.05) is 13.2 Å². The number of amides is 1. The van der Waals surface area contributed by atoms with E-state index in [1.54, 1.807) is 12.1 Å². The number of hydrogen-bond acceptors (Lipinski definition) is 4. The minimum atomic E-state index is -0.431. The second-order valence-electron chi connectivity index (χ2n) is 8.55. The molecule has 1 N–H and O–H groups in total. The number of ether oxygens (including phenoxy) is 1. The van der Waals surface area contributed by atoms with Crippen molar-refractivity contribution in [3.8, 4) is 5.69 Å². The zero-order chi connectivity index (χ0) is 19.8. The lowest BCUT2D eigenvalue weighted by Gasteiger charge is -2.36. The van der Waals surface area contributed by atoms with Crippen molar-refractivity contribution in [2.24, 2.45) is 5.41 Å². The highest BCUT2D eigenvalue weighted by atomic mass is 19.1. The summed E-state index contributed by atoms with van der Waals surface area (Å²) < 4.78 is 21.2. The van der Waals surface area contributed by atoms with Crippen LogP contribution in [0.4, 0.5) is 9.18 Å². The Morgan fingerprint density at radius 3 is 2.93 bits per heavy atom. The Morgan fingerprint density at radius 1 is 1.31 bits per heavy atom. The third-order valence-corrected chi connectivity index (χ3v) is 7.26. The van der Waals surface area contributed by atoms with Gasteiger partial charge < -0.3 is 9.84 Å². The fourth-order valence-corrected chi connectivity index (χ4v) is 6.11. The molecule has 1 aliphatic heterocycles. The van der Waals surface area contributed by atoms with Gasteiger partial charge in [0.1, 0.15) is 11.4 Å². The number of halogens is 1. The van der Waals surface area contributed by atoms with E-state index in [1.807, 2.05) is 15.8 Å². The molecule has 1 saturated heterocycles. The molecular formula is C22H22FN3O3. The third kappa shape index (κ3) is 2.03. The highest BCUT2D eigenvalue weighted by Crippen LogP contribution is 2.75. The lowest BCUT2D eigenvalue weighted by Crippen LogP contribution is -2.39. The van der Waals surface area contributed by atoms with Gasteiger partial charge in [0.25, 0.3) is 0 Å². The predicted octanol–water partition coefficient (Wildman–Crippen LogP) is 3.08. The number of aliphatic hydroxyl groups is 1. The van der Waals surface area contributed by atoms with E-state index < -0.39 is 5.60 Å². The minimum absolute atomic E-state index is 0.0464. The molecule has 1 unspecified atom stereocenters. The topological polar surface area (TPSA) is 67.6 Å². The Kier molecular flexibility index (Phi) is 3.38. The van der Waals surface area contributed by atoms with Gasteiger partial charge in [-0.15, -0.1) is 0 Å².